The maximum atomic E-state index is 6.48. The van der Waals surface area contributed by atoms with Gasteiger partial charge in [-0.1, -0.05) is 54.1 Å². The smallest absolute Gasteiger partial charge is 0.0551 e. The number of aromatic nitrogens is 1. The molecule has 0 fully saturated rings. The minimum atomic E-state index is -0.0991. The summed E-state index contributed by atoms with van der Waals surface area (Å²) in [4.78, 5) is 3.45. The van der Waals surface area contributed by atoms with Crippen LogP contribution in [0.15, 0.2) is 66.7 Å². The van der Waals surface area contributed by atoms with Gasteiger partial charge in [-0.2, -0.15) is 0 Å². The van der Waals surface area contributed by atoms with Crippen LogP contribution in [0.2, 0.25) is 0 Å². The highest BCUT2D eigenvalue weighted by Gasteiger charge is 2.11. The van der Waals surface area contributed by atoms with E-state index in [4.69, 9.17) is 5.73 Å². The van der Waals surface area contributed by atoms with Crippen LogP contribution < -0.4 is 5.73 Å². The van der Waals surface area contributed by atoms with Gasteiger partial charge in [-0.25, -0.2) is 0 Å². The molecule has 0 aliphatic carbocycles. The monoisotopic (exact) mass is 286 g/mol. The summed E-state index contributed by atoms with van der Waals surface area (Å²) in [6.45, 7) is 2.10. The summed E-state index contributed by atoms with van der Waals surface area (Å²) in [6.07, 6.45) is 0. The number of rotatable bonds is 2. The molecule has 3 aromatic carbocycles. The Hall–Kier alpha value is -2.58. The molecule has 4 rings (SSSR count). The van der Waals surface area contributed by atoms with Crippen LogP contribution in [0.4, 0.5) is 0 Å². The Balaban J connectivity index is 1.86. The van der Waals surface area contributed by atoms with Crippen LogP contribution in [0.3, 0.4) is 0 Å². The summed E-state index contributed by atoms with van der Waals surface area (Å²) >= 11 is 0. The van der Waals surface area contributed by atoms with Crippen LogP contribution in [0.1, 0.15) is 22.7 Å². The van der Waals surface area contributed by atoms with Gasteiger partial charge in [0, 0.05) is 21.8 Å². The van der Waals surface area contributed by atoms with Crippen molar-refractivity contribution >= 4 is 21.8 Å². The average molecular weight is 286 g/mol. The standard InChI is InChI=1S/C20H18N2/c1-13-5-4-6-14(11-13)20(21)15-9-10-19-17(12-15)16-7-2-3-8-18(16)22-19/h2-12,20,22H,21H2,1H3. The zero-order valence-electron chi connectivity index (χ0n) is 12.5. The maximum absolute atomic E-state index is 6.48. The number of aromatic amines is 1. The van der Waals surface area contributed by atoms with Crippen LogP contribution >= 0.6 is 0 Å². The number of H-pyrrole nitrogens is 1. The summed E-state index contributed by atoms with van der Waals surface area (Å²) in [5.74, 6) is 0. The van der Waals surface area contributed by atoms with Crippen molar-refractivity contribution < 1.29 is 0 Å². The second-order valence-electron chi connectivity index (χ2n) is 5.87. The summed E-state index contributed by atoms with van der Waals surface area (Å²) in [6, 6.07) is 23.1. The molecular formula is C20H18N2. The van der Waals surface area contributed by atoms with E-state index in [0.717, 1.165) is 16.6 Å². The third-order valence-electron chi connectivity index (χ3n) is 4.29. The predicted octanol–water partition coefficient (Wildman–Crippen LogP) is 4.68. The topological polar surface area (TPSA) is 41.8 Å². The molecule has 0 spiro atoms. The molecule has 0 saturated heterocycles. The third kappa shape index (κ3) is 2.09. The summed E-state index contributed by atoms with van der Waals surface area (Å²) in [5.41, 5.74) is 12.3. The molecule has 0 bridgehead atoms. The molecule has 0 saturated carbocycles. The molecule has 1 atom stereocenters. The number of hydrogen-bond acceptors (Lipinski definition) is 1. The summed E-state index contributed by atoms with van der Waals surface area (Å²) in [5, 5.41) is 2.48. The van der Waals surface area contributed by atoms with Crippen molar-refractivity contribution in [3.8, 4) is 0 Å². The largest absolute Gasteiger partial charge is 0.355 e. The van der Waals surface area contributed by atoms with E-state index in [1.807, 2.05) is 0 Å². The normalized spacial score (nSPS) is 12.8. The number of nitrogens with two attached hydrogens (primary N) is 1. The number of para-hydroxylation sites is 1. The highest BCUT2D eigenvalue weighted by atomic mass is 14.7. The van der Waals surface area contributed by atoms with Gasteiger partial charge in [-0.05, 0) is 36.2 Å². The molecule has 1 aromatic heterocycles. The van der Waals surface area contributed by atoms with Gasteiger partial charge in [0.1, 0.15) is 0 Å². The molecular weight excluding hydrogens is 268 g/mol. The number of aryl methyl sites for hydroxylation is 1. The van der Waals surface area contributed by atoms with Gasteiger partial charge >= 0.3 is 0 Å². The van der Waals surface area contributed by atoms with Gasteiger partial charge < -0.3 is 10.7 Å². The van der Waals surface area contributed by atoms with Crippen molar-refractivity contribution in [3.05, 3.63) is 83.4 Å². The molecule has 2 heteroatoms. The van der Waals surface area contributed by atoms with Gasteiger partial charge in [0.2, 0.25) is 0 Å². The van der Waals surface area contributed by atoms with E-state index in [-0.39, 0.29) is 6.04 Å². The predicted molar refractivity (Wildman–Crippen MR) is 93.0 cm³/mol. The number of benzene rings is 3. The fraction of sp³-hybridized carbons (Fsp3) is 0.100. The Kier molecular flexibility index (Phi) is 2.98. The second kappa shape index (κ2) is 5.00. The van der Waals surface area contributed by atoms with Crippen molar-refractivity contribution in [3.63, 3.8) is 0 Å². The molecule has 0 amide bonds. The highest BCUT2D eigenvalue weighted by molar-refractivity contribution is 6.07. The molecule has 1 unspecified atom stereocenters. The van der Waals surface area contributed by atoms with Crippen LogP contribution in [0.5, 0.6) is 0 Å². The van der Waals surface area contributed by atoms with Crippen LogP contribution in [0.25, 0.3) is 21.8 Å². The van der Waals surface area contributed by atoms with Gasteiger partial charge in [-0.3, -0.25) is 0 Å². The van der Waals surface area contributed by atoms with Crippen molar-refractivity contribution in [2.24, 2.45) is 5.73 Å². The lowest BCUT2D eigenvalue weighted by molar-refractivity contribution is 0.872. The molecule has 108 valence electrons. The lowest BCUT2D eigenvalue weighted by Gasteiger charge is -2.13. The lowest BCUT2D eigenvalue weighted by atomic mass is 9.97. The first-order valence-electron chi connectivity index (χ1n) is 7.55. The zero-order chi connectivity index (χ0) is 15.1. The molecule has 4 aromatic rings. The number of hydrogen-bond donors (Lipinski definition) is 2. The van der Waals surface area contributed by atoms with Crippen molar-refractivity contribution in [1.82, 2.24) is 4.98 Å². The quantitative estimate of drug-likeness (QED) is 0.552. The molecule has 0 radical (unpaired) electrons. The third-order valence-corrected chi connectivity index (χ3v) is 4.29. The minimum Gasteiger partial charge on any atom is -0.355 e. The van der Waals surface area contributed by atoms with Crippen LogP contribution in [0, 0.1) is 6.92 Å². The number of fused-ring (bicyclic) bond motifs is 3. The Labute approximate surface area is 129 Å². The van der Waals surface area contributed by atoms with Crippen molar-refractivity contribution in [2.75, 3.05) is 0 Å². The Bertz CT molecular complexity index is 966. The minimum absolute atomic E-state index is 0.0991. The number of nitrogens with one attached hydrogen (secondary N) is 1. The molecule has 0 aliphatic heterocycles. The van der Waals surface area contributed by atoms with Crippen LogP contribution in [-0.2, 0) is 0 Å². The van der Waals surface area contributed by atoms with Crippen molar-refractivity contribution in [1.29, 1.82) is 0 Å². The summed E-state index contributed by atoms with van der Waals surface area (Å²) < 4.78 is 0. The Morgan fingerprint density at radius 3 is 2.41 bits per heavy atom. The molecule has 2 nitrogen and oxygen atoms in total. The maximum Gasteiger partial charge on any atom is 0.0551 e. The summed E-state index contributed by atoms with van der Waals surface area (Å²) in [7, 11) is 0. The zero-order valence-corrected chi connectivity index (χ0v) is 12.5. The first kappa shape index (κ1) is 13.1. The highest BCUT2D eigenvalue weighted by Crippen LogP contribution is 2.29. The molecule has 1 heterocycles. The van der Waals surface area contributed by atoms with Gasteiger partial charge in [0.05, 0.1) is 6.04 Å². The van der Waals surface area contributed by atoms with E-state index in [9.17, 15) is 0 Å². The van der Waals surface area contributed by atoms with E-state index >= 15 is 0 Å². The fourth-order valence-corrected chi connectivity index (χ4v) is 3.12. The van der Waals surface area contributed by atoms with E-state index in [1.165, 1.54) is 21.9 Å². The Morgan fingerprint density at radius 1 is 0.773 bits per heavy atom. The van der Waals surface area contributed by atoms with E-state index in [2.05, 4.69) is 78.6 Å². The van der Waals surface area contributed by atoms with E-state index in [0.29, 0.717) is 0 Å². The van der Waals surface area contributed by atoms with Gasteiger partial charge in [-0.15, -0.1) is 0 Å². The first-order valence-corrected chi connectivity index (χ1v) is 7.55. The molecule has 3 N–H and O–H groups in total. The Morgan fingerprint density at radius 2 is 1.55 bits per heavy atom. The SMILES string of the molecule is Cc1cccc(C(N)c2ccc3[nH]c4ccccc4c3c2)c1. The molecule has 0 aliphatic rings. The first-order chi connectivity index (χ1) is 10.7. The second-order valence-corrected chi connectivity index (χ2v) is 5.87. The lowest BCUT2D eigenvalue weighted by Crippen LogP contribution is -2.11. The van der Waals surface area contributed by atoms with E-state index < -0.39 is 0 Å². The molecule has 22 heavy (non-hydrogen) atoms. The average Bonchev–Trinajstić information content (AvgIpc) is 2.92. The van der Waals surface area contributed by atoms with Crippen molar-refractivity contribution in [2.45, 2.75) is 13.0 Å². The van der Waals surface area contributed by atoms with Gasteiger partial charge in [0.25, 0.3) is 0 Å². The van der Waals surface area contributed by atoms with E-state index in [1.54, 1.807) is 0 Å². The fourth-order valence-electron chi connectivity index (χ4n) is 3.12. The van der Waals surface area contributed by atoms with Gasteiger partial charge in [0.15, 0.2) is 0 Å². The van der Waals surface area contributed by atoms with Crippen LogP contribution in [-0.4, -0.2) is 4.98 Å².